The van der Waals surface area contributed by atoms with E-state index in [9.17, 15) is 9.90 Å². The Kier molecular flexibility index (Phi) is 7.34. The van der Waals surface area contributed by atoms with Crippen LogP contribution in [0.2, 0.25) is 0 Å². The molecule has 0 radical (unpaired) electrons. The fourth-order valence-corrected chi connectivity index (χ4v) is 1.49. The zero-order chi connectivity index (χ0) is 11.8. The molecule has 2 unspecified atom stereocenters. The molecule has 0 aliphatic rings. The summed E-state index contributed by atoms with van der Waals surface area (Å²) < 4.78 is 0. The number of hydrogen-bond donors (Lipinski definition) is 3. The van der Waals surface area contributed by atoms with Gasteiger partial charge in [0.2, 0.25) is 5.91 Å². The second-order valence-electron chi connectivity index (χ2n) is 3.90. The molecule has 0 heterocycles. The van der Waals surface area contributed by atoms with Crippen molar-refractivity contribution < 1.29 is 9.90 Å². The van der Waals surface area contributed by atoms with Crippen molar-refractivity contribution in [2.45, 2.75) is 45.8 Å². The van der Waals surface area contributed by atoms with Gasteiger partial charge < -0.3 is 15.7 Å². The van der Waals surface area contributed by atoms with Gasteiger partial charge in [0.25, 0.3) is 0 Å². The molecule has 15 heavy (non-hydrogen) atoms. The molecule has 2 atom stereocenters. The Morgan fingerprint density at radius 2 is 1.87 bits per heavy atom. The summed E-state index contributed by atoms with van der Waals surface area (Å²) in [5.74, 6) is 0.206. The molecule has 1 amide bonds. The molecule has 0 rings (SSSR count). The van der Waals surface area contributed by atoms with Crippen LogP contribution in [0, 0.1) is 5.92 Å². The summed E-state index contributed by atoms with van der Waals surface area (Å²) in [4.78, 5) is 11.4. The zero-order valence-electron chi connectivity index (χ0n) is 10.2. The second kappa shape index (κ2) is 7.65. The Morgan fingerprint density at radius 3 is 2.27 bits per heavy atom. The summed E-state index contributed by atoms with van der Waals surface area (Å²) in [7, 11) is 1.74. The summed E-state index contributed by atoms with van der Waals surface area (Å²) >= 11 is 0. The molecule has 0 bridgehead atoms. The van der Waals surface area contributed by atoms with Gasteiger partial charge in [-0.1, -0.05) is 26.7 Å². The molecule has 0 aromatic rings. The van der Waals surface area contributed by atoms with E-state index in [2.05, 4.69) is 24.5 Å². The van der Waals surface area contributed by atoms with Crippen molar-refractivity contribution in [2.24, 2.45) is 5.92 Å². The van der Waals surface area contributed by atoms with E-state index in [0.29, 0.717) is 6.54 Å². The van der Waals surface area contributed by atoms with Gasteiger partial charge in [-0.2, -0.15) is 0 Å². The van der Waals surface area contributed by atoms with E-state index in [1.165, 1.54) is 0 Å². The van der Waals surface area contributed by atoms with Gasteiger partial charge in [-0.25, -0.2) is 0 Å². The maximum Gasteiger partial charge on any atom is 0.236 e. The normalized spacial score (nSPS) is 15.1. The molecular weight excluding hydrogens is 192 g/mol. The van der Waals surface area contributed by atoms with Crippen LogP contribution in [0.1, 0.15) is 33.6 Å². The topological polar surface area (TPSA) is 61.4 Å². The number of aliphatic hydroxyl groups excluding tert-OH is 1. The minimum absolute atomic E-state index is 0.0671. The fourth-order valence-electron chi connectivity index (χ4n) is 1.49. The summed E-state index contributed by atoms with van der Waals surface area (Å²) in [5, 5.41) is 15.4. The highest BCUT2D eigenvalue weighted by Crippen LogP contribution is 2.12. The number of carbonyl (C=O) groups excluding carboxylic acids is 1. The number of nitrogens with one attached hydrogen (secondary N) is 2. The molecule has 0 fully saturated rings. The lowest BCUT2D eigenvalue weighted by Gasteiger charge is -2.21. The van der Waals surface area contributed by atoms with Crippen molar-refractivity contribution in [3.63, 3.8) is 0 Å². The van der Waals surface area contributed by atoms with Gasteiger partial charge in [-0.05, 0) is 19.9 Å². The third-order valence-electron chi connectivity index (χ3n) is 2.90. The smallest absolute Gasteiger partial charge is 0.236 e. The molecule has 4 nitrogen and oxygen atoms in total. The van der Waals surface area contributed by atoms with Gasteiger partial charge in [-0.3, -0.25) is 4.79 Å². The van der Waals surface area contributed by atoms with Crippen molar-refractivity contribution in [2.75, 3.05) is 13.6 Å². The first kappa shape index (κ1) is 14.4. The van der Waals surface area contributed by atoms with Crippen LogP contribution in [-0.4, -0.2) is 36.8 Å². The predicted molar refractivity (Wildman–Crippen MR) is 61.6 cm³/mol. The van der Waals surface area contributed by atoms with E-state index in [4.69, 9.17) is 0 Å². The maximum absolute atomic E-state index is 11.4. The molecule has 0 spiro atoms. The van der Waals surface area contributed by atoms with Crippen molar-refractivity contribution in [3.8, 4) is 0 Å². The lowest BCUT2D eigenvalue weighted by Crippen LogP contribution is -2.44. The predicted octanol–water partition coefficient (Wildman–Crippen LogP) is 0.508. The second-order valence-corrected chi connectivity index (χ2v) is 3.90. The van der Waals surface area contributed by atoms with Crippen molar-refractivity contribution in [1.29, 1.82) is 0 Å². The first-order chi connectivity index (χ1) is 7.06. The highest BCUT2D eigenvalue weighted by molar-refractivity contribution is 5.81. The van der Waals surface area contributed by atoms with Gasteiger partial charge in [-0.15, -0.1) is 0 Å². The fraction of sp³-hybridized carbons (Fsp3) is 0.909. The van der Waals surface area contributed by atoms with E-state index in [-0.39, 0.29) is 17.9 Å². The van der Waals surface area contributed by atoms with Gasteiger partial charge in [0.1, 0.15) is 0 Å². The Morgan fingerprint density at radius 1 is 1.33 bits per heavy atom. The Balaban J connectivity index is 3.88. The molecule has 0 aliphatic heterocycles. The third-order valence-corrected chi connectivity index (χ3v) is 2.90. The lowest BCUT2D eigenvalue weighted by molar-refractivity contribution is -0.123. The molecule has 0 saturated carbocycles. The first-order valence-corrected chi connectivity index (χ1v) is 5.69. The van der Waals surface area contributed by atoms with Crippen LogP contribution in [-0.2, 0) is 4.79 Å². The van der Waals surface area contributed by atoms with Gasteiger partial charge in [0, 0.05) is 6.54 Å². The van der Waals surface area contributed by atoms with Crippen LogP contribution in [0.4, 0.5) is 0 Å². The highest BCUT2D eigenvalue weighted by atomic mass is 16.3. The van der Waals surface area contributed by atoms with Crippen LogP contribution < -0.4 is 10.6 Å². The lowest BCUT2D eigenvalue weighted by atomic mass is 9.96. The monoisotopic (exact) mass is 216 g/mol. The highest BCUT2D eigenvalue weighted by Gasteiger charge is 2.17. The molecule has 0 aromatic heterocycles. The van der Waals surface area contributed by atoms with Crippen molar-refractivity contribution >= 4 is 5.91 Å². The minimum atomic E-state index is -0.437. The first-order valence-electron chi connectivity index (χ1n) is 5.69. The SMILES string of the molecule is CCC(CC)C(O)CNC(=O)C(C)NC. The molecule has 0 aliphatic carbocycles. The summed E-state index contributed by atoms with van der Waals surface area (Å²) in [5.41, 5.74) is 0. The minimum Gasteiger partial charge on any atom is -0.391 e. The molecule has 0 saturated heterocycles. The summed E-state index contributed by atoms with van der Waals surface area (Å²) in [6, 6.07) is -0.209. The summed E-state index contributed by atoms with van der Waals surface area (Å²) in [6.07, 6.45) is 1.44. The Labute approximate surface area is 92.4 Å². The van der Waals surface area contributed by atoms with E-state index in [1.807, 2.05) is 0 Å². The van der Waals surface area contributed by atoms with Crippen molar-refractivity contribution in [1.82, 2.24) is 10.6 Å². The molecular formula is C11H24N2O2. The maximum atomic E-state index is 11.4. The molecule has 90 valence electrons. The van der Waals surface area contributed by atoms with Gasteiger partial charge >= 0.3 is 0 Å². The standard InChI is InChI=1S/C11H24N2O2/c1-5-9(6-2)10(14)7-13-11(15)8(3)12-4/h8-10,12,14H,5-7H2,1-4H3,(H,13,15). The number of hydrogen-bond acceptors (Lipinski definition) is 3. The van der Waals surface area contributed by atoms with E-state index in [0.717, 1.165) is 12.8 Å². The van der Waals surface area contributed by atoms with Gasteiger partial charge in [0.05, 0.1) is 12.1 Å². The average molecular weight is 216 g/mol. The molecule has 3 N–H and O–H groups in total. The van der Waals surface area contributed by atoms with Crippen LogP contribution in [0.15, 0.2) is 0 Å². The van der Waals surface area contributed by atoms with E-state index < -0.39 is 6.10 Å². The number of likely N-dealkylation sites (N-methyl/N-ethyl adjacent to an activating group) is 1. The molecule has 4 heteroatoms. The Bertz CT molecular complexity index is 181. The van der Waals surface area contributed by atoms with Crippen molar-refractivity contribution in [3.05, 3.63) is 0 Å². The Hall–Kier alpha value is -0.610. The van der Waals surface area contributed by atoms with Gasteiger partial charge in [0.15, 0.2) is 0 Å². The zero-order valence-corrected chi connectivity index (χ0v) is 10.2. The average Bonchev–Trinajstić information content (AvgIpc) is 2.26. The quantitative estimate of drug-likeness (QED) is 0.581. The summed E-state index contributed by atoms with van der Waals surface area (Å²) in [6.45, 7) is 6.24. The van der Waals surface area contributed by atoms with Crippen LogP contribution in [0.3, 0.4) is 0 Å². The number of amides is 1. The number of aliphatic hydroxyl groups is 1. The number of carbonyl (C=O) groups is 1. The molecule has 0 aromatic carbocycles. The van der Waals surface area contributed by atoms with Crippen LogP contribution in [0.25, 0.3) is 0 Å². The van der Waals surface area contributed by atoms with E-state index >= 15 is 0 Å². The van der Waals surface area contributed by atoms with Crippen LogP contribution in [0.5, 0.6) is 0 Å². The number of rotatable bonds is 7. The largest absolute Gasteiger partial charge is 0.391 e. The van der Waals surface area contributed by atoms with Crippen LogP contribution >= 0.6 is 0 Å². The third kappa shape index (κ3) is 5.14. The van der Waals surface area contributed by atoms with E-state index in [1.54, 1.807) is 14.0 Å².